The van der Waals surface area contributed by atoms with Crippen LogP contribution in [0.5, 0.6) is 0 Å². The van der Waals surface area contributed by atoms with Crippen molar-refractivity contribution in [2.45, 2.75) is 0 Å². The molecule has 2 aromatic rings. The van der Waals surface area contributed by atoms with E-state index in [2.05, 4.69) is 5.32 Å². The second-order valence-corrected chi connectivity index (χ2v) is 3.96. The van der Waals surface area contributed by atoms with Crippen LogP contribution in [0.2, 0.25) is 0 Å². The summed E-state index contributed by atoms with van der Waals surface area (Å²) in [5.41, 5.74) is 5.42. The number of nitrogens with one attached hydrogen (secondary N) is 1. The van der Waals surface area contributed by atoms with Crippen LogP contribution in [0.15, 0.2) is 42.5 Å². The molecule has 0 unspecified atom stereocenters. The van der Waals surface area contributed by atoms with Gasteiger partial charge in [0.15, 0.2) is 0 Å². The lowest BCUT2D eigenvalue weighted by Crippen LogP contribution is -2.15. The van der Waals surface area contributed by atoms with Gasteiger partial charge < -0.3 is 11.1 Å². The summed E-state index contributed by atoms with van der Waals surface area (Å²) >= 11 is 0. The summed E-state index contributed by atoms with van der Waals surface area (Å²) in [4.78, 5) is 22.1. The van der Waals surface area contributed by atoms with Crippen molar-refractivity contribution in [2.75, 3.05) is 11.1 Å². The lowest BCUT2D eigenvalue weighted by Gasteiger charge is -2.08. The molecule has 0 atom stereocenters. The summed E-state index contributed by atoms with van der Waals surface area (Å²) in [5.74, 6) is -1.53. The molecule has 2 rings (SSSR count). The monoisotopic (exact) mass is 275 g/mol. The van der Waals surface area contributed by atoms with Crippen molar-refractivity contribution < 1.29 is 14.1 Å². The molecule has 0 aliphatic rings. The second kappa shape index (κ2) is 5.35. The fourth-order valence-electron chi connectivity index (χ4n) is 1.65. The lowest BCUT2D eigenvalue weighted by atomic mass is 10.1. The first kappa shape index (κ1) is 13.5. The van der Waals surface area contributed by atoms with E-state index in [-0.39, 0.29) is 5.56 Å². The number of carbonyl (C=O) groups excluding carboxylic acids is 1. The first-order chi connectivity index (χ1) is 9.49. The van der Waals surface area contributed by atoms with E-state index in [4.69, 9.17) is 5.73 Å². The highest BCUT2D eigenvalue weighted by molar-refractivity contribution is 6.08. The van der Waals surface area contributed by atoms with Crippen molar-refractivity contribution in [1.29, 1.82) is 0 Å². The number of hydrogen-bond donors (Lipinski definition) is 2. The zero-order chi connectivity index (χ0) is 14.7. The molecule has 1 amide bonds. The quantitative estimate of drug-likeness (QED) is 0.511. The number of anilines is 2. The molecule has 0 heterocycles. The molecule has 0 spiro atoms. The Morgan fingerprint density at radius 1 is 1.25 bits per heavy atom. The molecular formula is C13H10FN3O3. The van der Waals surface area contributed by atoms with Gasteiger partial charge in [-0.1, -0.05) is 12.1 Å². The van der Waals surface area contributed by atoms with E-state index < -0.39 is 22.3 Å². The van der Waals surface area contributed by atoms with Gasteiger partial charge in [0.05, 0.1) is 16.3 Å². The van der Waals surface area contributed by atoms with Gasteiger partial charge in [0, 0.05) is 6.07 Å². The number of halogens is 1. The molecule has 7 heteroatoms. The van der Waals surface area contributed by atoms with Gasteiger partial charge in [-0.3, -0.25) is 14.9 Å². The van der Waals surface area contributed by atoms with Gasteiger partial charge >= 0.3 is 0 Å². The molecule has 3 N–H and O–H groups in total. The van der Waals surface area contributed by atoms with Crippen LogP contribution in [0.4, 0.5) is 21.5 Å². The average Bonchev–Trinajstić information content (AvgIpc) is 2.40. The number of rotatable bonds is 3. The van der Waals surface area contributed by atoms with Gasteiger partial charge in [-0.05, 0) is 24.3 Å². The summed E-state index contributed by atoms with van der Waals surface area (Å²) < 4.78 is 13.2. The number of amides is 1. The topological polar surface area (TPSA) is 98.3 Å². The SMILES string of the molecule is Nc1ccccc1NC(=O)c1cc(F)ccc1[N+](=O)[O-]. The number of nitro benzene ring substituents is 1. The fraction of sp³-hybridized carbons (Fsp3) is 0. The van der Waals surface area contributed by atoms with Crippen molar-refractivity contribution in [1.82, 2.24) is 0 Å². The Balaban J connectivity index is 2.37. The third kappa shape index (κ3) is 2.72. The summed E-state index contributed by atoms with van der Waals surface area (Å²) in [6.07, 6.45) is 0. The smallest absolute Gasteiger partial charge is 0.282 e. The minimum Gasteiger partial charge on any atom is -0.397 e. The predicted molar refractivity (Wildman–Crippen MR) is 71.9 cm³/mol. The molecule has 2 aromatic carbocycles. The lowest BCUT2D eigenvalue weighted by molar-refractivity contribution is -0.385. The molecular weight excluding hydrogens is 265 g/mol. The van der Waals surface area contributed by atoms with E-state index in [1.807, 2.05) is 0 Å². The van der Waals surface area contributed by atoms with Gasteiger partial charge in [-0.25, -0.2) is 4.39 Å². The Hall–Kier alpha value is -2.96. The number of para-hydroxylation sites is 2. The fourth-order valence-corrected chi connectivity index (χ4v) is 1.65. The Morgan fingerprint density at radius 2 is 1.95 bits per heavy atom. The molecule has 0 saturated carbocycles. The second-order valence-electron chi connectivity index (χ2n) is 3.96. The number of nitro groups is 1. The highest BCUT2D eigenvalue weighted by Crippen LogP contribution is 2.23. The largest absolute Gasteiger partial charge is 0.397 e. The molecule has 0 bridgehead atoms. The van der Waals surface area contributed by atoms with Crippen LogP contribution in [-0.2, 0) is 0 Å². The highest BCUT2D eigenvalue weighted by atomic mass is 19.1. The Labute approximate surface area is 113 Å². The molecule has 0 fully saturated rings. The van der Waals surface area contributed by atoms with E-state index in [9.17, 15) is 19.3 Å². The van der Waals surface area contributed by atoms with Gasteiger partial charge in [-0.15, -0.1) is 0 Å². The zero-order valence-corrected chi connectivity index (χ0v) is 10.2. The minimum absolute atomic E-state index is 0.302. The number of carbonyl (C=O) groups is 1. The van der Waals surface area contributed by atoms with Gasteiger partial charge in [0.25, 0.3) is 11.6 Å². The maximum absolute atomic E-state index is 13.2. The average molecular weight is 275 g/mol. The van der Waals surface area contributed by atoms with Crippen LogP contribution < -0.4 is 11.1 Å². The number of nitrogens with zero attached hydrogens (tertiary/aromatic N) is 1. The molecule has 0 aliphatic heterocycles. The molecule has 0 aliphatic carbocycles. The number of hydrogen-bond acceptors (Lipinski definition) is 4. The van der Waals surface area contributed by atoms with Crippen LogP contribution >= 0.6 is 0 Å². The standard InChI is InChI=1S/C13H10FN3O3/c14-8-5-6-12(17(19)20)9(7-8)13(18)16-11-4-2-1-3-10(11)15/h1-7H,15H2,(H,16,18). The summed E-state index contributed by atoms with van der Waals surface area (Å²) in [5, 5.41) is 13.2. The molecule has 0 aromatic heterocycles. The maximum Gasteiger partial charge on any atom is 0.282 e. The van der Waals surface area contributed by atoms with Crippen molar-refractivity contribution in [2.24, 2.45) is 0 Å². The minimum atomic E-state index is -0.797. The first-order valence-corrected chi connectivity index (χ1v) is 5.59. The normalized spacial score (nSPS) is 10.1. The third-order valence-corrected chi connectivity index (χ3v) is 2.61. The van der Waals surface area contributed by atoms with E-state index in [1.54, 1.807) is 24.3 Å². The zero-order valence-electron chi connectivity index (χ0n) is 10.2. The van der Waals surface area contributed by atoms with Crippen LogP contribution in [0.3, 0.4) is 0 Å². The maximum atomic E-state index is 13.2. The third-order valence-electron chi connectivity index (χ3n) is 2.61. The van der Waals surface area contributed by atoms with E-state index in [0.29, 0.717) is 11.4 Å². The Morgan fingerprint density at radius 3 is 2.60 bits per heavy atom. The molecule has 102 valence electrons. The first-order valence-electron chi connectivity index (χ1n) is 5.59. The Kier molecular flexibility index (Phi) is 3.60. The predicted octanol–water partition coefficient (Wildman–Crippen LogP) is 2.57. The molecule has 6 nitrogen and oxygen atoms in total. The van der Waals surface area contributed by atoms with Crippen molar-refractivity contribution in [3.05, 3.63) is 64.0 Å². The van der Waals surface area contributed by atoms with E-state index >= 15 is 0 Å². The van der Waals surface area contributed by atoms with E-state index in [1.165, 1.54) is 0 Å². The summed E-state index contributed by atoms with van der Waals surface area (Å²) in [6.45, 7) is 0. The molecule has 0 radical (unpaired) electrons. The van der Waals surface area contributed by atoms with Crippen LogP contribution in [0.25, 0.3) is 0 Å². The number of nitrogens with two attached hydrogens (primary N) is 1. The van der Waals surface area contributed by atoms with Gasteiger partial charge in [0.1, 0.15) is 11.4 Å². The van der Waals surface area contributed by atoms with Crippen molar-refractivity contribution in [3.63, 3.8) is 0 Å². The van der Waals surface area contributed by atoms with Crippen molar-refractivity contribution >= 4 is 23.0 Å². The van der Waals surface area contributed by atoms with Gasteiger partial charge in [-0.2, -0.15) is 0 Å². The number of benzene rings is 2. The van der Waals surface area contributed by atoms with Crippen LogP contribution in [-0.4, -0.2) is 10.8 Å². The Bertz CT molecular complexity index is 688. The van der Waals surface area contributed by atoms with Crippen LogP contribution in [0.1, 0.15) is 10.4 Å². The van der Waals surface area contributed by atoms with Crippen LogP contribution in [0, 0.1) is 15.9 Å². The summed E-state index contributed by atoms with van der Waals surface area (Å²) in [7, 11) is 0. The highest BCUT2D eigenvalue weighted by Gasteiger charge is 2.21. The molecule has 0 saturated heterocycles. The van der Waals surface area contributed by atoms with Gasteiger partial charge in [0.2, 0.25) is 0 Å². The number of nitrogen functional groups attached to an aromatic ring is 1. The van der Waals surface area contributed by atoms with Crippen molar-refractivity contribution in [3.8, 4) is 0 Å². The van der Waals surface area contributed by atoms with E-state index in [0.717, 1.165) is 18.2 Å². The molecule has 20 heavy (non-hydrogen) atoms. The summed E-state index contributed by atoms with van der Waals surface area (Å²) in [6, 6.07) is 9.10.